The van der Waals surface area contributed by atoms with E-state index in [0.717, 1.165) is 19.4 Å². The number of rotatable bonds is 4. The quantitative estimate of drug-likeness (QED) is 0.798. The lowest BCUT2D eigenvalue weighted by Crippen LogP contribution is -2.38. The molecule has 0 aromatic rings. The molecule has 2 saturated heterocycles. The minimum absolute atomic E-state index is 0.369. The van der Waals surface area contributed by atoms with Crippen molar-refractivity contribution < 1.29 is 8.42 Å². The molecule has 4 nitrogen and oxygen atoms in total. The van der Waals surface area contributed by atoms with Gasteiger partial charge in [0.25, 0.3) is 0 Å². The normalized spacial score (nSPS) is 28.3. The molecule has 2 aliphatic heterocycles. The van der Waals surface area contributed by atoms with Gasteiger partial charge in [0.15, 0.2) is 0 Å². The van der Waals surface area contributed by atoms with E-state index in [9.17, 15) is 8.42 Å². The minimum atomic E-state index is -2.74. The summed E-state index contributed by atoms with van der Waals surface area (Å²) in [4.78, 5) is 2.49. The van der Waals surface area contributed by atoms with Crippen molar-refractivity contribution in [3.63, 3.8) is 0 Å². The molecule has 2 fully saturated rings. The number of likely N-dealkylation sites (tertiary alicyclic amines) is 1. The van der Waals surface area contributed by atoms with Gasteiger partial charge in [-0.05, 0) is 57.2 Å². The highest BCUT2D eigenvalue weighted by Gasteiger charge is 2.30. The number of nitrogens with two attached hydrogens (primary N) is 1. The van der Waals surface area contributed by atoms with Crippen molar-refractivity contribution in [1.82, 2.24) is 4.90 Å². The molecule has 2 aliphatic rings. The zero-order valence-corrected chi connectivity index (χ0v) is 11.3. The van der Waals surface area contributed by atoms with Crippen LogP contribution in [0, 0.1) is 11.8 Å². The lowest BCUT2D eigenvalue weighted by molar-refractivity contribution is 0.213. The minimum Gasteiger partial charge on any atom is -0.330 e. The Morgan fingerprint density at radius 1 is 1.18 bits per heavy atom. The molecule has 1 atom stereocenters. The second kappa shape index (κ2) is 5.67. The number of hydrogen-bond acceptors (Lipinski definition) is 4. The molecule has 0 radical (unpaired) electrons. The topological polar surface area (TPSA) is 63.4 Å². The molecule has 0 spiro atoms. The fourth-order valence-electron chi connectivity index (χ4n) is 3.09. The third kappa shape index (κ3) is 3.66. The van der Waals surface area contributed by atoms with Crippen LogP contribution < -0.4 is 5.73 Å². The van der Waals surface area contributed by atoms with Crippen molar-refractivity contribution >= 4 is 9.84 Å². The number of nitrogens with zero attached hydrogens (tertiary/aromatic N) is 1. The van der Waals surface area contributed by atoms with Crippen LogP contribution in [0.25, 0.3) is 0 Å². The SMILES string of the molecule is NCC(CN1CCCC1)C1CCS(=O)(=O)CC1. The molecule has 2 rings (SSSR count). The van der Waals surface area contributed by atoms with Crippen molar-refractivity contribution in [1.29, 1.82) is 0 Å². The van der Waals surface area contributed by atoms with E-state index in [1.54, 1.807) is 0 Å². The molecular formula is C12H24N2O2S. The predicted octanol–water partition coefficient (Wildman–Crippen LogP) is 0.482. The molecule has 17 heavy (non-hydrogen) atoms. The summed E-state index contributed by atoms with van der Waals surface area (Å²) in [5.41, 5.74) is 5.87. The molecule has 0 aromatic heterocycles. The van der Waals surface area contributed by atoms with E-state index in [4.69, 9.17) is 5.73 Å². The molecule has 1 unspecified atom stereocenters. The molecule has 2 N–H and O–H groups in total. The molecule has 0 amide bonds. The van der Waals surface area contributed by atoms with Crippen LogP contribution >= 0.6 is 0 Å². The molecule has 0 aromatic carbocycles. The van der Waals surface area contributed by atoms with Crippen molar-refractivity contribution in [3.05, 3.63) is 0 Å². The molecular weight excluding hydrogens is 236 g/mol. The monoisotopic (exact) mass is 260 g/mol. The van der Waals surface area contributed by atoms with Crippen LogP contribution in [0.2, 0.25) is 0 Å². The van der Waals surface area contributed by atoms with Crippen molar-refractivity contribution in [2.45, 2.75) is 25.7 Å². The standard InChI is InChI=1S/C12H24N2O2S/c13-9-12(10-14-5-1-2-6-14)11-3-7-17(15,16)8-4-11/h11-12H,1-10,13H2. The van der Waals surface area contributed by atoms with Gasteiger partial charge in [-0.1, -0.05) is 0 Å². The summed E-state index contributed by atoms with van der Waals surface area (Å²) in [7, 11) is -2.74. The van der Waals surface area contributed by atoms with Gasteiger partial charge in [-0.15, -0.1) is 0 Å². The summed E-state index contributed by atoms with van der Waals surface area (Å²) < 4.78 is 22.8. The fourth-order valence-corrected chi connectivity index (χ4v) is 4.62. The highest BCUT2D eigenvalue weighted by molar-refractivity contribution is 7.91. The molecule has 0 aliphatic carbocycles. The lowest BCUT2D eigenvalue weighted by atomic mass is 9.87. The molecule has 0 bridgehead atoms. The first kappa shape index (κ1) is 13.3. The number of hydrogen-bond donors (Lipinski definition) is 1. The molecule has 2 heterocycles. The maximum absolute atomic E-state index is 11.4. The van der Waals surface area contributed by atoms with Crippen LogP contribution in [0.5, 0.6) is 0 Å². The van der Waals surface area contributed by atoms with Gasteiger partial charge in [0.2, 0.25) is 0 Å². The van der Waals surface area contributed by atoms with Crippen LogP contribution in [-0.4, -0.2) is 51.0 Å². The van der Waals surface area contributed by atoms with Crippen molar-refractivity contribution in [2.75, 3.05) is 37.7 Å². The Morgan fingerprint density at radius 3 is 2.29 bits per heavy atom. The second-order valence-corrected chi connectivity index (χ2v) is 7.80. The van der Waals surface area contributed by atoms with E-state index in [2.05, 4.69) is 4.90 Å². The zero-order valence-electron chi connectivity index (χ0n) is 10.5. The highest BCUT2D eigenvalue weighted by atomic mass is 32.2. The first-order valence-corrected chi connectivity index (χ1v) is 8.56. The average Bonchev–Trinajstić information content (AvgIpc) is 2.79. The molecule has 5 heteroatoms. The third-order valence-electron chi connectivity index (χ3n) is 4.26. The van der Waals surface area contributed by atoms with E-state index in [1.165, 1.54) is 25.9 Å². The predicted molar refractivity (Wildman–Crippen MR) is 69.6 cm³/mol. The Kier molecular flexibility index (Phi) is 4.44. The van der Waals surface area contributed by atoms with Crippen LogP contribution in [0.1, 0.15) is 25.7 Å². The Hall–Kier alpha value is -0.130. The van der Waals surface area contributed by atoms with Gasteiger partial charge in [-0.25, -0.2) is 8.42 Å². The lowest BCUT2D eigenvalue weighted by Gasteiger charge is -2.32. The summed E-state index contributed by atoms with van der Waals surface area (Å²) in [6.07, 6.45) is 4.24. The van der Waals surface area contributed by atoms with E-state index in [0.29, 0.717) is 29.9 Å². The maximum atomic E-state index is 11.4. The van der Waals surface area contributed by atoms with Crippen LogP contribution in [0.15, 0.2) is 0 Å². The average molecular weight is 260 g/mol. The van der Waals surface area contributed by atoms with Crippen LogP contribution in [-0.2, 0) is 9.84 Å². The Balaban J connectivity index is 1.85. The summed E-state index contributed by atoms with van der Waals surface area (Å²) in [6, 6.07) is 0. The summed E-state index contributed by atoms with van der Waals surface area (Å²) >= 11 is 0. The zero-order chi connectivity index (χ0) is 12.3. The Labute approximate surface area is 104 Å². The Morgan fingerprint density at radius 2 is 1.76 bits per heavy atom. The van der Waals surface area contributed by atoms with Gasteiger partial charge in [0.05, 0.1) is 11.5 Å². The fraction of sp³-hybridized carbons (Fsp3) is 1.00. The van der Waals surface area contributed by atoms with Gasteiger partial charge >= 0.3 is 0 Å². The van der Waals surface area contributed by atoms with Gasteiger partial charge < -0.3 is 10.6 Å². The van der Waals surface area contributed by atoms with E-state index in [1.807, 2.05) is 0 Å². The van der Waals surface area contributed by atoms with Crippen LogP contribution in [0.3, 0.4) is 0 Å². The Bertz CT molecular complexity index is 322. The highest BCUT2D eigenvalue weighted by Crippen LogP contribution is 2.27. The van der Waals surface area contributed by atoms with Crippen molar-refractivity contribution in [3.8, 4) is 0 Å². The third-order valence-corrected chi connectivity index (χ3v) is 5.98. The first-order valence-electron chi connectivity index (χ1n) is 6.73. The second-order valence-electron chi connectivity index (χ2n) is 5.49. The summed E-state index contributed by atoms with van der Waals surface area (Å²) in [6.45, 7) is 4.16. The summed E-state index contributed by atoms with van der Waals surface area (Å²) in [5.74, 6) is 1.75. The summed E-state index contributed by atoms with van der Waals surface area (Å²) in [5, 5.41) is 0. The van der Waals surface area contributed by atoms with Crippen LogP contribution in [0.4, 0.5) is 0 Å². The first-order chi connectivity index (χ1) is 8.11. The van der Waals surface area contributed by atoms with Gasteiger partial charge in [-0.2, -0.15) is 0 Å². The smallest absolute Gasteiger partial charge is 0.150 e. The maximum Gasteiger partial charge on any atom is 0.150 e. The van der Waals surface area contributed by atoms with Crippen molar-refractivity contribution in [2.24, 2.45) is 17.6 Å². The number of sulfone groups is 1. The largest absolute Gasteiger partial charge is 0.330 e. The van der Waals surface area contributed by atoms with E-state index >= 15 is 0 Å². The van der Waals surface area contributed by atoms with E-state index < -0.39 is 9.84 Å². The van der Waals surface area contributed by atoms with E-state index in [-0.39, 0.29) is 0 Å². The van der Waals surface area contributed by atoms with Gasteiger partial charge in [-0.3, -0.25) is 0 Å². The van der Waals surface area contributed by atoms with Gasteiger partial charge in [0, 0.05) is 6.54 Å². The molecule has 0 saturated carbocycles. The molecule has 100 valence electrons. The van der Waals surface area contributed by atoms with Gasteiger partial charge in [0.1, 0.15) is 9.84 Å².